The molecular weight excluding hydrogens is 202 g/mol. The number of hydrogen-bond donors (Lipinski definition) is 2. The van der Waals surface area contributed by atoms with Gasteiger partial charge >= 0.3 is 0 Å². The van der Waals surface area contributed by atoms with E-state index in [0.717, 1.165) is 22.3 Å². The van der Waals surface area contributed by atoms with Gasteiger partial charge in [0.25, 0.3) is 0 Å². The number of nitrogens with one attached hydrogen (secondary N) is 1. The molecule has 2 rings (SSSR count). The van der Waals surface area contributed by atoms with E-state index in [-0.39, 0.29) is 12.6 Å². The fourth-order valence-electron chi connectivity index (χ4n) is 1.62. The molecule has 0 aliphatic rings. The number of benzene rings is 1. The molecule has 2 N–H and O–H groups in total. The van der Waals surface area contributed by atoms with E-state index in [1.165, 1.54) is 0 Å². The van der Waals surface area contributed by atoms with Crippen molar-refractivity contribution >= 4 is 16.6 Å². The van der Waals surface area contributed by atoms with Crippen LogP contribution in [-0.2, 0) is 0 Å². The highest BCUT2D eigenvalue weighted by molar-refractivity contribution is 5.92. The molecule has 16 heavy (non-hydrogen) atoms. The molecule has 1 unspecified atom stereocenters. The Morgan fingerprint density at radius 2 is 1.94 bits per heavy atom. The maximum absolute atomic E-state index is 9.01. The topological polar surface area (TPSA) is 58.0 Å². The van der Waals surface area contributed by atoms with Crippen LogP contribution in [0.4, 0.5) is 5.82 Å². The number of aromatic nitrogens is 2. The van der Waals surface area contributed by atoms with Crippen molar-refractivity contribution in [2.24, 2.45) is 0 Å². The Kier molecular flexibility index (Phi) is 3.01. The molecule has 0 radical (unpaired) electrons. The number of rotatable bonds is 3. The third-order valence-electron chi connectivity index (χ3n) is 2.53. The molecule has 0 saturated carbocycles. The number of aryl methyl sites for hydroxylation is 1. The molecule has 0 spiro atoms. The van der Waals surface area contributed by atoms with Crippen molar-refractivity contribution in [2.45, 2.75) is 19.9 Å². The SMILES string of the molecule is Cc1nnc(NC(C)CO)c2ccccc12. The first-order chi connectivity index (χ1) is 7.72. The highest BCUT2D eigenvalue weighted by atomic mass is 16.3. The average molecular weight is 217 g/mol. The molecule has 1 aromatic carbocycles. The van der Waals surface area contributed by atoms with Crippen LogP contribution in [0.5, 0.6) is 0 Å². The maximum atomic E-state index is 9.01. The van der Waals surface area contributed by atoms with E-state index in [0.29, 0.717) is 0 Å². The first kappa shape index (κ1) is 10.8. The molecule has 1 heterocycles. The number of aliphatic hydroxyl groups is 1. The van der Waals surface area contributed by atoms with Crippen LogP contribution in [0.2, 0.25) is 0 Å². The van der Waals surface area contributed by atoms with E-state index in [1.807, 2.05) is 38.1 Å². The Morgan fingerprint density at radius 1 is 1.25 bits per heavy atom. The van der Waals surface area contributed by atoms with Crippen molar-refractivity contribution in [3.63, 3.8) is 0 Å². The lowest BCUT2D eigenvalue weighted by atomic mass is 10.1. The molecule has 0 aliphatic carbocycles. The number of fused-ring (bicyclic) bond motifs is 1. The van der Waals surface area contributed by atoms with Gasteiger partial charge in [0, 0.05) is 16.8 Å². The number of aliphatic hydroxyl groups excluding tert-OH is 1. The van der Waals surface area contributed by atoms with E-state index in [2.05, 4.69) is 15.5 Å². The quantitative estimate of drug-likeness (QED) is 0.822. The number of hydrogen-bond acceptors (Lipinski definition) is 4. The average Bonchev–Trinajstić information content (AvgIpc) is 2.33. The van der Waals surface area contributed by atoms with Crippen LogP contribution in [0.3, 0.4) is 0 Å². The summed E-state index contributed by atoms with van der Waals surface area (Å²) >= 11 is 0. The zero-order chi connectivity index (χ0) is 11.5. The van der Waals surface area contributed by atoms with E-state index in [1.54, 1.807) is 0 Å². The third-order valence-corrected chi connectivity index (χ3v) is 2.53. The summed E-state index contributed by atoms with van der Waals surface area (Å²) in [6, 6.07) is 7.95. The molecule has 84 valence electrons. The Hall–Kier alpha value is -1.68. The second kappa shape index (κ2) is 4.45. The lowest BCUT2D eigenvalue weighted by molar-refractivity contribution is 0.281. The lowest BCUT2D eigenvalue weighted by Gasteiger charge is -2.13. The van der Waals surface area contributed by atoms with Gasteiger partial charge in [-0.05, 0) is 13.8 Å². The van der Waals surface area contributed by atoms with Crippen LogP contribution in [0.15, 0.2) is 24.3 Å². The highest BCUT2D eigenvalue weighted by Crippen LogP contribution is 2.22. The Labute approximate surface area is 94.3 Å². The van der Waals surface area contributed by atoms with Crippen LogP contribution in [-0.4, -0.2) is 28.0 Å². The van der Waals surface area contributed by atoms with Gasteiger partial charge in [-0.25, -0.2) is 0 Å². The summed E-state index contributed by atoms with van der Waals surface area (Å²) in [4.78, 5) is 0. The second-order valence-corrected chi connectivity index (χ2v) is 3.91. The monoisotopic (exact) mass is 217 g/mol. The van der Waals surface area contributed by atoms with Gasteiger partial charge in [0.2, 0.25) is 0 Å². The van der Waals surface area contributed by atoms with Crippen molar-refractivity contribution in [1.29, 1.82) is 0 Å². The predicted octanol–water partition coefficient (Wildman–Crippen LogP) is 1.73. The number of anilines is 1. The van der Waals surface area contributed by atoms with Crippen LogP contribution in [0, 0.1) is 6.92 Å². The molecule has 0 fully saturated rings. The van der Waals surface area contributed by atoms with E-state index in [4.69, 9.17) is 5.11 Å². The maximum Gasteiger partial charge on any atom is 0.156 e. The molecular formula is C12H15N3O. The molecule has 4 heteroatoms. The number of nitrogens with zero attached hydrogens (tertiary/aromatic N) is 2. The van der Waals surface area contributed by atoms with Gasteiger partial charge < -0.3 is 10.4 Å². The van der Waals surface area contributed by atoms with Crippen molar-refractivity contribution < 1.29 is 5.11 Å². The van der Waals surface area contributed by atoms with E-state index >= 15 is 0 Å². The van der Waals surface area contributed by atoms with Gasteiger partial charge in [-0.1, -0.05) is 24.3 Å². The molecule has 0 amide bonds. The van der Waals surface area contributed by atoms with Crippen LogP contribution >= 0.6 is 0 Å². The van der Waals surface area contributed by atoms with Gasteiger partial charge in [0.05, 0.1) is 12.3 Å². The fourth-order valence-corrected chi connectivity index (χ4v) is 1.62. The normalized spacial score (nSPS) is 12.7. The van der Waals surface area contributed by atoms with Crippen molar-refractivity contribution in [1.82, 2.24) is 10.2 Å². The van der Waals surface area contributed by atoms with Gasteiger partial charge in [0.1, 0.15) is 0 Å². The minimum atomic E-state index is -0.0274. The molecule has 0 aliphatic heterocycles. The smallest absolute Gasteiger partial charge is 0.156 e. The predicted molar refractivity (Wildman–Crippen MR) is 64.4 cm³/mol. The van der Waals surface area contributed by atoms with Crippen LogP contribution < -0.4 is 5.32 Å². The first-order valence-electron chi connectivity index (χ1n) is 5.32. The van der Waals surface area contributed by atoms with E-state index in [9.17, 15) is 0 Å². The van der Waals surface area contributed by atoms with Crippen molar-refractivity contribution in [3.8, 4) is 0 Å². The summed E-state index contributed by atoms with van der Waals surface area (Å²) in [5.41, 5.74) is 0.915. The summed E-state index contributed by atoms with van der Waals surface area (Å²) in [5.74, 6) is 0.725. The Balaban J connectivity index is 2.50. The minimum Gasteiger partial charge on any atom is -0.394 e. The minimum absolute atomic E-state index is 0.0274. The molecule has 2 aromatic rings. The largest absolute Gasteiger partial charge is 0.394 e. The standard InChI is InChI=1S/C12H15N3O/c1-8(7-16)13-12-11-6-4-3-5-10(11)9(2)14-15-12/h3-6,8,16H,7H2,1-2H3,(H,13,15). The zero-order valence-corrected chi connectivity index (χ0v) is 9.44. The van der Waals surface area contributed by atoms with Gasteiger partial charge in [-0.3, -0.25) is 0 Å². The van der Waals surface area contributed by atoms with Crippen molar-refractivity contribution in [3.05, 3.63) is 30.0 Å². The molecule has 0 saturated heterocycles. The Morgan fingerprint density at radius 3 is 2.62 bits per heavy atom. The van der Waals surface area contributed by atoms with Gasteiger partial charge in [-0.2, -0.15) is 5.10 Å². The third kappa shape index (κ3) is 1.97. The zero-order valence-electron chi connectivity index (χ0n) is 9.44. The Bertz CT molecular complexity index is 499. The molecule has 4 nitrogen and oxygen atoms in total. The van der Waals surface area contributed by atoms with Gasteiger partial charge in [-0.15, -0.1) is 5.10 Å². The lowest BCUT2D eigenvalue weighted by Crippen LogP contribution is -2.20. The van der Waals surface area contributed by atoms with Crippen LogP contribution in [0.1, 0.15) is 12.6 Å². The summed E-state index contributed by atoms with van der Waals surface area (Å²) in [6.45, 7) is 3.91. The summed E-state index contributed by atoms with van der Waals surface area (Å²) < 4.78 is 0. The summed E-state index contributed by atoms with van der Waals surface area (Å²) in [6.07, 6.45) is 0. The van der Waals surface area contributed by atoms with Gasteiger partial charge in [0.15, 0.2) is 5.82 Å². The summed E-state index contributed by atoms with van der Waals surface area (Å²) in [7, 11) is 0. The van der Waals surface area contributed by atoms with Crippen LogP contribution in [0.25, 0.3) is 10.8 Å². The fraction of sp³-hybridized carbons (Fsp3) is 0.333. The molecule has 0 bridgehead atoms. The highest BCUT2D eigenvalue weighted by Gasteiger charge is 2.07. The summed E-state index contributed by atoms with van der Waals surface area (Å²) in [5, 5.41) is 22.5. The molecule has 1 atom stereocenters. The first-order valence-corrected chi connectivity index (χ1v) is 5.32. The van der Waals surface area contributed by atoms with Crippen molar-refractivity contribution in [2.75, 3.05) is 11.9 Å². The van der Waals surface area contributed by atoms with E-state index < -0.39 is 0 Å². The second-order valence-electron chi connectivity index (χ2n) is 3.91. The molecule has 1 aromatic heterocycles.